The van der Waals surface area contributed by atoms with Gasteiger partial charge in [0, 0.05) is 48.5 Å². The molecule has 0 aliphatic rings. The number of amides is 2. The van der Waals surface area contributed by atoms with E-state index in [4.69, 9.17) is 0 Å². The van der Waals surface area contributed by atoms with E-state index in [1.165, 1.54) is 141 Å². The van der Waals surface area contributed by atoms with Crippen molar-refractivity contribution in [2.75, 3.05) is 13.1 Å². The minimum Gasteiger partial charge on any atom is -0.507 e. The molecule has 0 atom stereocenters. The Morgan fingerprint density at radius 3 is 0.817 bits per heavy atom. The Morgan fingerprint density at radius 2 is 0.598 bits per heavy atom. The van der Waals surface area contributed by atoms with Crippen LogP contribution in [-0.2, 0) is 0 Å². The lowest BCUT2D eigenvalue weighted by atomic mass is 10.1. The molecule has 10 N–H and O–H groups in total. The molecule has 0 saturated heterocycles. The number of carbonyl (C=O) groups is 6. The third-order valence-corrected chi connectivity index (χ3v) is 12.3. The van der Waals surface area contributed by atoms with Crippen LogP contribution in [0.4, 0.5) is 0 Å². The van der Waals surface area contributed by atoms with Gasteiger partial charge in [0.05, 0.1) is 70.3 Å². The number of nitrogens with one attached hydrogen (secondary N) is 2. The van der Waals surface area contributed by atoms with Crippen molar-refractivity contribution in [3.05, 3.63) is 155 Å². The van der Waals surface area contributed by atoms with Crippen LogP contribution in [0.5, 0.6) is 23.0 Å². The minimum absolute atomic E-state index is 0.0946. The van der Waals surface area contributed by atoms with Crippen molar-refractivity contribution in [2.45, 2.75) is 12.8 Å². The summed E-state index contributed by atoms with van der Waals surface area (Å²) in [7, 11) is 0. The second-order valence-electron chi connectivity index (χ2n) is 17.7. The van der Waals surface area contributed by atoms with Gasteiger partial charge in [0.15, 0.2) is 0 Å². The normalized spacial score (nSPS) is 11.1. The van der Waals surface area contributed by atoms with Gasteiger partial charge in [-0.1, -0.05) is 20.9 Å². The van der Waals surface area contributed by atoms with Gasteiger partial charge in [-0.2, -0.15) is 0 Å². The molecule has 0 bridgehead atoms. The Hall–Kier alpha value is -12.2. The molecule has 10 aromatic rings. The van der Waals surface area contributed by atoms with Crippen molar-refractivity contribution < 1.29 is 69.6 Å². The molecule has 10 rings (SSSR count). The van der Waals surface area contributed by atoms with E-state index in [0.717, 1.165) is 0 Å². The molecule has 0 saturated carbocycles. The van der Waals surface area contributed by atoms with E-state index in [9.17, 15) is 69.6 Å². The molecule has 0 spiro atoms. The van der Waals surface area contributed by atoms with Crippen LogP contribution in [0.25, 0.3) is 68.3 Å². The van der Waals surface area contributed by atoms with Gasteiger partial charge in [-0.05, 0) is 85.6 Å². The third kappa shape index (κ3) is 11.1. The molecule has 0 radical (unpaired) electrons. The molecule has 2 amide bonds. The number of unbranched alkanes of at least 4 members (excludes halogenated alkanes) is 1. The first-order valence-electron chi connectivity index (χ1n) is 24.0. The molecular weight excluding hydrogens is 1070 g/mol. The van der Waals surface area contributed by atoms with Crippen LogP contribution in [0.1, 0.15) is 75.0 Å². The van der Waals surface area contributed by atoms with E-state index in [2.05, 4.69) is 61.8 Å². The number of rotatable bonds is 19. The first-order valence-corrected chi connectivity index (χ1v) is 24.0. The fraction of sp³-hybridized carbons (Fsp3) is 0.0769. The number of carboxylic acids is 4. The van der Waals surface area contributed by atoms with Gasteiger partial charge in [0.1, 0.15) is 68.0 Å². The highest BCUT2D eigenvalue weighted by Crippen LogP contribution is 2.30. The number of carboxylic acid groups (broad SMARTS) is 4. The largest absolute Gasteiger partial charge is 0.507 e. The molecule has 4 aromatic carbocycles. The highest BCUT2D eigenvalue weighted by Gasteiger charge is 2.22. The van der Waals surface area contributed by atoms with Gasteiger partial charge in [-0.25, -0.2) is 47.9 Å². The van der Waals surface area contributed by atoms with Gasteiger partial charge in [0.25, 0.3) is 11.8 Å². The summed E-state index contributed by atoms with van der Waals surface area (Å²) in [6.07, 6.45) is 6.47. The van der Waals surface area contributed by atoms with Gasteiger partial charge in [-0.3, -0.25) is 9.59 Å². The van der Waals surface area contributed by atoms with Gasteiger partial charge < -0.3 is 51.5 Å². The first-order chi connectivity index (χ1) is 39.4. The van der Waals surface area contributed by atoms with Gasteiger partial charge in [-0.15, -0.1) is 20.4 Å². The number of phenols is 4. The number of carbonyl (C=O) groups excluding carboxylic acids is 2. The van der Waals surface area contributed by atoms with E-state index in [1.807, 2.05) is 0 Å². The van der Waals surface area contributed by atoms with Crippen LogP contribution < -0.4 is 10.6 Å². The summed E-state index contributed by atoms with van der Waals surface area (Å²) in [5.74, 6) is -8.52. The monoisotopic (exact) mass is 1110 g/mol. The average Bonchev–Trinajstić information content (AvgIpc) is 4.32. The summed E-state index contributed by atoms with van der Waals surface area (Å²) in [6, 6.07) is 20.9. The number of pyridine rings is 2. The molecule has 6 aromatic heterocycles. The SMILES string of the molecule is O=C(NCCCCNC(=O)c1cc(-c2cn(-c3ccc(C(=O)O)c(O)c3)nn2)nc(-c2cn(-c3ccc(C(=O)O)c(O)c3)nn2)c1)c1cc(-c2cn(-c3ccc(C(=O)O)c(O)c3)nn2)nc(-c2cn(-c3ccc(C(=O)O)c(O)c3)nn2)c1. The van der Waals surface area contributed by atoms with Gasteiger partial charge >= 0.3 is 23.9 Å². The van der Waals surface area contributed by atoms with Crippen molar-refractivity contribution in [3.63, 3.8) is 0 Å². The molecule has 82 heavy (non-hydrogen) atoms. The summed E-state index contributed by atoms with van der Waals surface area (Å²) in [5, 5.41) is 118. The zero-order valence-electron chi connectivity index (χ0n) is 41.7. The second-order valence-corrected chi connectivity index (χ2v) is 17.7. The van der Waals surface area contributed by atoms with Gasteiger partial charge in [0.2, 0.25) is 0 Å². The molecule has 0 unspecified atom stereocenters. The lowest BCUT2D eigenvalue weighted by Crippen LogP contribution is -2.27. The molecule has 0 aliphatic heterocycles. The molecule has 410 valence electrons. The van der Waals surface area contributed by atoms with Crippen molar-refractivity contribution in [1.29, 1.82) is 0 Å². The lowest BCUT2D eigenvalue weighted by Gasteiger charge is -2.10. The topological polar surface area (TPSA) is 437 Å². The summed E-state index contributed by atoms with van der Waals surface area (Å²) in [4.78, 5) is 83.0. The summed E-state index contributed by atoms with van der Waals surface area (Å²) < 4.78 is 5.02. The fourth-order valence-corrected chi connectivity index (χ4v) is 8.11. The summed E-state index contributed by atoms with van der Waals surface area (Å²) >= 11 is 0. The molecule has 30 heteroatoms. The van der Waals surface area contributed by atoms with Crippen LogP contribution >= 0.6 is 0 Å². The molecule has 6 heterocycles. The molecule has 30 nitrogen and oxygen atoms in total. The Labute approximate surface area is 457 Å². The van der Waals surface area contributed by atoms with Crippen molar-refractivity contribution >= 4 is 35.7 Å². The van der Waals surface area contributed by atoms with Crippen molar-refractivity contribution in [1.82, 2.24) is 80.6 Å². The number of aromatic hydroxyl groups is 4. The number of nitrogens with zero attached hydrogens (tertiary/aromatic N) is 14. The molecule has 0 fully saturated rings. The first kappa shape index (κ1) is 53.2. The number of aromatic nitrogens is 14. The minimum atomic E-state index is -1.34. The number of hydrogen-bond donors (Lipinski definition) is 10. The van der Waals surface area contributed by atoms with Crippen LogP contribution in [0.15, 0.2) is 122 Å². The summed E-state index contributed by atoms with van der Waals surface area (Å²) in [6.45, 7) is 0.254. The van der Waals surface area contributed by atoms with E-state index < -0.39 is 58.7 Å². The smallest absolute Gasteiger partial charge is 0.339 e. The van der Waals surface area contributed by atoms with E-state index >= 15 is 0 Å². The van der Waals surface area contributed by atoms with Crippen molar-refractivity contribution in [2.24, 2.45) is 0 Å². The van der Waals surface area contributed by atoms with Crippen LogP contribution in [0.2, 0.25) is 0 Å². The van der Waals surface area contributed by atoms with E-state index in [1.54, 1.807) is 0 Å². The second kappa shape index (κ2) is 22.0. The Morgan fingerprint density at radius 1 is 0.354 bits per heavy atom. The maximum atomic E-state index is 13.9. The van der Waals surface area contributed by atoms with Crippen LogP contribution in [0, 0.1) is 0 Å². The fourth-order valence-electron chi connectivity index (χ4n) is 8.11. The number of hydrogen-bond acceptors (Lipinski definition) is 20. The lowest BCUT2D eigenvalue weighted by molar-refractivity contribution is 0.0682. The Kier molecular flexibility index (Phi) is 14.3. The predicted molar refractivity (Wildman–Crippen MR) is 278 cm³/mol. The molecular formula is C52H38N16O14. The Balaban J connectivity index is 0.853. The van der Waals surface area contributed by atoms with Crippen LogP contribution in [0.3, 0.4) is 0 Å². The van der Waals surface area contributed by atoms with E-state index in [0.29, 0.717) is 12.8 Å². The average molecular weight is 1110 g/mol. The maximum absolute atomic E-state index is 13.9. The van der Waals surface area contributed by atoms with Crippen molar-refractivity contribution in [3.8, 4) is 91.3 Å². The standard InChI is InChI=1S/C52H38N16O14/c69-43-17-27(3-7-31(43)49(75)76)65-21-39(57-61-65)35-13-25(14-36(55-35)40-22-66(62-58-40)28-4-8-32(50(77)78)44(70)18-28)47(73)53-11-1-2-12-54-48(74)26-15-37(41-23-67(63-59-41)29-5-9-33(51(79)80)45(71)19-29)56-38(16-26)42-24-68(64-60-42)30-6-10-34(52(81)82)46(72)20-30/h3-10,13-24,69-72H,1-2,11-12H2,(H,53,73)(H,54,74)(H,75,76)(H,77,78)(H,79,80)(H,81,82). The van der Waals surface area contributed by atoms with Crippen LogP contribution in [-0.4, -0.2) is 160 Å². The highest BCUT2D eigenvalue weighted by atomic mass is 16.4. The quantitative estimate of drug-likeness (QED) is 0.0511. The Bertz CT molecular complexity index is 3720. The zero-order chi connectivity index (χ0) is 57.9. The summed E-state index contributed by atoms with van der Waals surface area (Å²) in [5.41, 5.74) is 1.03. The van der Waals surface area contributed by atoms with E-state index in [-0.39, 0.29) is 115 Å². The number of benzene rings is 4. The zero-order valence-corrected chi connectivity index (χ0v) is 41.7. The molecule has 0 aliphatic carbocycles. The predicted octanol–water partition coefficient (Wildman–Crippen LogP) is 4.02. The highest BCUT2D eigenvalue weighted by molar-refractivity contribution is 5.97. The number of aromatic carboxylic acids is 4. The third-order valence-electron chi connectivity index (χ3n) is 12.3. The maximum Gasteiger partial charge on any atom is 0.339 e.